The smallest absolute Gasteiger partial charge is 0.267 e. The Morgan fingerprint density at radius 1 is 1.18 bits per heavy atom. The normalized spacial score (nSPS) is 10.4. The predicted molar refractivity (Wildman–Crippen MR) is 79.1 cm³/mol. The molecule has 2 heterocycles. The first-order valence-corrected chi connectivity index (χ1v) is 6.73. The van der Waals surface area contributed by atoms with Crippen LogP contribution in [0.5, 0.6) is 0 Å². The Morgan fingerprint density at radius 2 is 2.00 bits per heavy atom. The molecule has 0 aliphatic rings. The van der Waals surface area contributed by atoms with Crippen molar-refractivity contribution in [3.63, 3.8) is 0 Å². The topological polar surface area (TPSA) is 93.8 Å². The molecular weight excluding hydrogens is 306 g/mol. The molecule has 3 rings (SSSR count). The molecule has 0 aliphatic carbocycles. The van der Waals surface area contributed by atoms with E-state index >= 15 is 0 Å². The van der Waals surface area contributed by atoms with Gasteiger partial charge in [0, 0.05) is 23.1 Å². The molecule has 0 aliphatic heterocycles. The van der Waals surface area contributed by atoms with E-state index in [-0.39, 0.29) is 24.1 Å². The second-order valence-electron chi connectivity index (χ2n) is 4.32. The predicted octanol–water partition coefficient (Wildman–Crippen LogP) is 2.36. The van der Waals surface area contributed by atoms with Gasteiger partial charge in [0.15, 0.2) is 0 Å². The lowest BCUT2D eigenvalue weighted by Gasteiger charge is -2.02. The first-order chi connectivity index (χ1) is 10.7. The lowest BCUT2D eigenvalue weighted by atomic mass is 10.3. The van der Waals surface area contributed by atoms with Crippen molar-refractivity contribution >= 4 is 23.2 Å². The second kappa shape index (κ2) is 6.31. The Morgan fingerprint density at radius 3 is 2.73 bits per heavy atom. The summed E-state index contributed by atoms with van der Waals surface area (Å²) in [6, 6.07) is 6.80. The van der Waals surface area contributed by atoms with E-state index < -0.39 is 0 Å². The Labute approximate surface area is 130 Å². The van der Waals surface area contributed by atoms with Gasteiger partial charge in [-0.1, -0.05) is 11.6 Å². The first kappa shape index (κ1) is 14.2. The average Bonchev–Trinajstić information content (AvgIpc) is 2.99. The van der Waals surface area contributed by atoms with Gasteiger partial charge >= 0.3 is 0 Å². The summed E-state index contributed by atoms with van der Waals surface area (Å²) in [5, 5.41) is 11.0. The highest BCUT2D eigenvalue weighted by molar-refractivity contribution is 6.30. The number of rotatable bonds is 4. The van der Waals surface area contributed by atoms with Crippen LogP contribution < -0.4 is 5.32 Å². The lowest BCUT2D eigenvalue weighted by molar-refractivity contribution is -0.115. The zero-order valence-electron chi connectivity index (χ0n) is 11.2. The number of benzene rings is 1. The van der Waals surface area contributed by atoms with E-state index in [0.29, 0.717) is 16.4 Å². The number of halogens is 1. The fraction of sp³-hybridized carbons (Fsp3) is 0.0714. The van der Waals surface area contributed by atoms with Crippen molar-refractivity contribution in [3.05, 3.63) is 53.8 Å². The first-order valence-electron chi connectivity index (χ1n) is 6.35. The Bertz CT molecular complexity index is 773. The van der Waals surface area contributed by atoms with Crippen LogP contribution in [0.4, 0.5) is 5.69 Å². The van der Waals surface area contributed by atoms with Crippen molar-refractivity contribution in [3.8, 4) is 11.6 Å². The van der Waals surface area contributed by atoms with Gasteiger partial charge in [0.1, 0.15) is 12.1 Å². The van der Waals surface area contributed by atoms with Gasteiger partial charge in [-0.05, 0) is 24.3 Å². The van der Waals surface area contributed by atoms with Gasteiger partial charge in [-0.25, -0.2) is 4.98 Å². The zero-order chi connectivity index (χ0) is 15.4. The number of anilines is 1. The number of nitrogens with one attached hydrogen (secondary N) is 1. The van der Waals surface area contributed by atoms with Crippen LogP contribution in [0.15, 0.2) is 47.3 Å². The molecule has 1 aromatic carbocycles. The summed E-state index contributed by atoms with van der Waals surface area (Å²) in [6.07, 6.45) is 4.54. The lowest BCUT2D eigenvalue weighted by Crippen LogP contribution is -2.14. The summed E-state index contributed by atoms with van der Waals surface area (Å²) < 4.78 is 5.39. The van der Waals surface area contributed by atoms with E-state index in [4.69, 9.17) is 16.0 Å². The summed E-state index contributed by atoms with van der Waals surface area (Å²) in [5.41, 5.74) is 1.10. The highest BCUT2D eigenvalue weighted by Crippen LogP contribution is 2.15. The standard InChI is InChI=1S/C14H10ClN5O2/c15-9-1-3-10(4-2-9)18-12(21)7-13-19-20-14(22-13)11-8-16-5-6-17-11/h1-6,8H,7H2,(H,18,21). The SMILES string of the molecule is O=C(Cc1nnc(-c2cnccn2)o1)Nc1ccc(Cl)cc1. The van der Waals surface area contributed by atoms with E-state index in [1.165, 1.54) is 12.4 Å². The minimum atomic E-state index is -0.267. The molecule has 2 aromatic heterocycles. The van der Waals surface area contributed by atoms with Crippen LogP contribution in [0.25, 0.3) is 11.6 Å². The average molecular weight is 316 g/mol. The molecule has 0 radical (unpaired) electrons. The third kappa shape index (κ3) is 3.44. The van der Waals surface area contributed by atoms with Gasteiger partial charge in [0.25, 0.3) is 5.89 Å². The highest BCUT2D eigenvalue weighted by Gasteiger charge is 2.13. The molecule has 0 fully saturated rings. The Kier molecular flexibility index (Phi) is 4.06. The van der Waals surface area contributed by atoms with Gasteiger partial charge in [0.2, 0.25) is 11.8 Å². The summed E-state index contributed by atoms with van der Waals surface area (Å²) in [5.74, 6) is 0.158. The fourth-order valence-corrected chi connectivity index (χ4v) is 1.84. The molecule has 0 saturated heterocycles. The molecule has 1 N–H and O–H groups in total. The quantitative estimate of drug-likeness (QED) is 0.794. The van der Waals surface area contributed by atoms with Crippen molar-refractivity contribution < 1.29 is 9.21 Å². The van der Waals surface area contributed by atoms with E-state index in [2.05, 4.69) is 25.5 Å². The summed E-state index contributed by atoms with van der Waals surface area (Å²) in [6.45, 7) is 0. The van der Waals surface area contributed by atoms with Gasteiger partial charge < -0.3 is 9.73 Å². The van der Waals surface area contributed by atoms with Crippen molar-refractivity contribution in [2.45, 2.75) is 6.42 Å². The molecule has 22 heavy (non-hydrogen) atoms. The van der Waals surface area contributed by atoms with Crippen LogP contribution in [-0.2, 0) is 11.2 Å². The van der Waals surface area contributed by atoms with Crippen LogP contribution in [0.1, 0.15) is 5.89 Å². The maximum Gasteiger partial charge on any atom is 0.267 e. The van der Waals surface area contributed by atoms with Crippen molar-refractivity contribution in [2.24, 2.45) is 0 Å². The van der Waals surface area contributed by atoms with Gasteiger partial charge in [-0.15, -0.1) is 10.2 Å². The third-order valence-electron chi connectivity index (χ3n) is 2.69. The molecule has 1 amide bonds. The number of carbonyl (C=O) groups excluding carboxylic acids is 1. The number of nitrogens with zero attached hydrogens (tertiary/aromatic N) is 4. The van der Waals surface area contributed by atoms with Crippen molar-refractivity contribution in [2.75, 3.05) is 5.32 Å². The third-order valence-corrected chi connectivity index (χ3v) is 2.94. The van der Waals surface area contributed by atoms with E-state index in [1.54, 1.807) is 30.5 Å². The molecule has 7 nitrogen and oxygen atoms in total. The summed E-state index contributed by atoms with van der Waals surface area (Å²) >= 11 is 5.78. The molecule has 0 saturated carbocycles. The van der Waals surface area contributed by atoms with Crippen molar-refractivity contribution in [1.29, 1.82) is 0 Å². The van der Waals surface area contributed by atoms with Crippen LogP contribution in [0.3, 0.4) is 0 Å². The second-order valence-corrected chi connectivity index (χ2v) is 4.76. The summed E-state index contributed by atoms with van der Waals surface area (Å²) in [4.78, 5) is 19.9. The molecular formula is C14H10ClN5O2. The number of hydrogen-bond donors (Lipinski definition) is 1. The monoisotopic (exact) mass is 315 g/mol. The Balaban J connectivity index is 1.65. The fourth-order valence-electron chi connectivity index (χ4n) is 1.71. The number of amides is 1. The molecule has 8 heteroatoms. The zero-order valence-corrected chi connectivity index (χ0v) is 12.0. The Hall–Kier alpha value is -2.80. The molecule has 110 valence electrons. The molecule has 0 unspecified atom stereocenters. The van der Waals surface area contributed by atoms with Crippen LogP contribution in [0, 0.1) is 0 Å². The van der Waals surface area contributed by atoms with Crippen LogP contribution >= 0.6 is 11.6 Å². The highest BCUT2D eigenvalue weighted by atomic mass is 35.5. The van der Waals surface area contributed by atoms with E-state index in [9.17, 15) is 4.79 Å². The number of carbonyl (C=O) groups is 1. The van der Waals surface area contributed by atoms with Crippen LogP contribution in [0.2, 0.25) is 5.02 Å². The maximum absolute atomic E-state index is 11.9. The van der Waals surface area contributed by atoms with E-state index in [0.717, 1.165) is 0 Å². The van der Waals surface area contributed by atoms with Gasteiger partial charge in [-0.3, -0.25) is 9.78 Å². The van der Waals surface area contributed by atoms with Gasteiger partial charge in [-0.2, -0.15) is 0 Å². The summed E-state index contributed by atoms with van der Waals surface area (Å²) in [7, 11) is 0. The van der Waals surface area contributed by atoms with Crippen molar-refractivity contribution in [1.82, 2.24) is 20.2 Å². The molecule has 0 bridgehead atoms. The largest absolute Gasteiger partial charge is 0.419 e. The maximum atomic E-state index is 11.9. The van der Waals surface area contributed by atoms with Crippen LogP contribution in [-0.4, -0.2) is 26.1 Å². The minimum absolute atomic E-state index is 0.0319. The van der Waals surface area contributed by atoms with E-state index in [1.807, 2.05) is 0 Å². The number of aromatic nitrogens is 4. The molecule has 3 aromatic rings. The molecule has 0 spiro atoms. The molecule has 0 atom stereocenters. The number of hydrogen-bond acceptors (Lipinski definition) is 6. The van der Waals surface area contributed by atoms with Gasteiger partial charge in [0.05, 0.1) is 6.20 Å². The minimum Gasteiger partial charge on any atom is -0.419 e.